The quantitative estimate of drug-likeness (QED) is 0.0316. The normalized spacial score (nSPS) is 11.2. The van der Waals surface area contributed by atoms with Gasteiger partial charge >= 0.3 is 12.4 Å². The monoisotopic (exact) mass is 1440 g/mol. The van der Waals surface area contributed by atoms with Crippen molar-refractivity contribution in [2.45, 2.75) is 38.0 Å². The van der Waals surface area contributed by atoms with Crippen LogP contribution < -0.4 is 45.2 Å². The minimum absolute atomic E-state index is 0.0895. The minimum atomic E-state index is -4.48. The van der Waals surface area contributed by atoms with Gasteiger partial charge in [-0.1, -0.05) is 96.0 Å². The largest absolute Gasteiger partial charge is 0.416 e. The molecule has 0 spiro atoms. The first kappa shape index (κ1) is 73.8. The lowest BCUT2D eigenvalue weighted by molar-refractivity contribution is -0.138. The van der Waals surface area contributed by atoms with Gasteiger partial charge in [0.15, 0.2) is 0 Å². The van der Waals surface area contributed by atoms with E-state index >= 15 is 0 Å². The van der Waals surface area contributed by atoms with Gasteiger partial charge in [0.1, 0.15) is 23.3 Å². The fourth-order valence-electron chi connectivity index (χ4n) is 10.4. The van der Waals surface area contributed by atoms with Crippen LogP contribution in [0.3, 0.4) is 0 Å². The summed E-state index contributed by atoms with van der Waals surface area (Å²) in [6.07, 6.45) is -8.14. The van der Waals surface area contributed by atoms with E-state index in [1.54, 1.807) is 66.7 Å². The molecule has 32 heteroatoms. The first-order valence-corrected chi connectivity index (χ1v) is 30.6. The number of rotatable bonds is 12. The van der Waals surface area contributed by atoms with Gasteiger partial charge in [0.2, 0.25) is 23.8 Å². The number of aromatic amines is 4. The van der Waals surface area contributed by atoms with Crippen molar-refractivity contribution in [1.29, 1.82) is 21.6 Å². The molecule has 12 aromatic rings. The summed E-state index contributed by atoms with van der Waals surface area (Å²) in [6, 6.07) is 45.3. The summed E-state index contributed by atoms with van der Waals surface area (Å²) in [7, 11) is 0. The lowest BCUT2D eigenvalue weighted by atomic mass is 10.0. The summed E-state index contributed by atoms with van der Waals surface area (Å²) in [4.78, 5) is 50.2. The van der Waals surface area contributed by atoms with Crippen LogP contribution in [0.5, 0.6) is 0 Å². The van der Waals surface area contributed by atoms with Crippen LogP contribution in [0.2, 0.25) is 10.0 Å². The summed E-state index contributed by atoms with van der Waals surface area (Å²) < 4.78 is 133. The second kappa shape index (κ2) is 31.2. The van der Waals surface area contributed by atoms with Gasteiger partial charge in [-0.3, -0.25) is 61.2 Å². The first-order chi connectivity index (χ1) is 48.2. The number of aromatic nitrogens is 8. The molecule has 0 saturated heterocycles. The Labute approximate surface area is 579 Å². The maximum absolute atomic E-state index is 13.2. The standard InChI is InChI=1S/C18H14ClF3N4O.C18H14F4N4O.C17H14ClFN4O.C17H14F2N4O/c19-13-3-1-2-10(8-13)9-14-15(25-26(16(14)27)17(23)24)11-4-6-12(7-5-11)18(20,21)22;19-13-7-1-10(2-8-13)9-14-15(25-26(16(14)27)17(23)24)11-3-5-12(6-4-11)18(20,21)22;18-12-3-1-2-10(8-12)9-14-15(11-4-6-13(19)7-5-11)22-23(16(14)24)17(20)21;18-12-5-1-10(2-6-12)9-14-15(11-3-7-13(19)8-4-11)22-23(16(14)24)17(20)21/h2*1-8,25H,9H2,(H3,23,24);2*1-8,22H,9H2,(H3,20,21). The van der Waals surface area contributed by atoms with Gasteiger partial charge in [0, 0.05) is 69.1 Å². The van der Waals surface area contributed by atoms with E-state index in [2.05, 4.69) is 20.4 Å². The summed E-state index contributed by atoms with van der Waals surface area (Å²) in [5.74, 6) is -3.52. The fraction of sp³-hybridized carbons (Fsp3) is 0.0857. The second-order valence-electron chi connectivity index (χ2n) is 22.3. The van der Waals surface area contributed by atoms with Crippen molar-refractivity contribution in [3.63, 3.8) is 0 Å². The van der Waals surface area contributed by atoms with Crippen LogP contribution in [0.1, 0.15) is 55.6 Å². The minimum Gasteiger partial charge on any atom is -0.368 e. The van der Waals surface area contributed by atoms with Gasteiger partial charge in [0.05, 0.1) is 33.9 Å². The molecule has 0 aliphatic heterocycles. The van der Waals surface area contributed by atoms with Crippen molar-refractivity contribution in [2.75, 3.05) is 0 Å². The topological polar surface area (TPSA) is 351 Å². The Balaban J connectivity index is 0.000000158. The average molecular weight is 1450 g/mol. The Morgan fingerprint density at radius 1 is 0.333 bits per heavy atom. The van der Waals surface area contributed by atoms with E-state index in [-0.39, 0.29) is 47.7 Å². The number of nitrogens with zero attached hydrogens (tertiary/aromatic N) is 4. The van der Waals surface area contributed by atoms with Crippen molar-refractivity contribution in [1.82, 2.24) is 39.1 Å². The number of nitrogens with two attached hydrogens (primary N) is 4. The molecule has 0 unspecified atom stereocenters. The molecule has 524 valence electrons. The number of hydrogen-bond acceptors (Lipinski definition) is 8. The predicted molar refractivity (Wildman–Crippen MR) is 368 cm³/mol. The van der Waals surface area contributed by atoms with Gasteiger partial charge in [-0.25, -0.2) is 17.6 Å². The average Bonchev–Trinajstić information content (AvgIpc) is 1.64. The Kier molecular flexibility index (Phi) is 22.6. The number of nitrogen functional groups attached to an aromatic ring is 4. The van der Waals surface area contributed by atoms with E-state index in [0.717, 1.165) is 59.7 Å². The Bertz CT molecular complexity index is 5310. The van der Waals surface area contributed by atoms with Crippen LogP contribution in [0, 0.1) is 44.9 Å². The second-order valence-corrected chi connectivity index (χ2v) is 23.2. The third kappa shape index (κ3) is 17.9. The number of nitrogens with one attached hydrogen (secondary N) is 8. The summed E-state index contributed by atoms with van der Waals surface area (Å²) in [6.45, 7) is 0. The van der Waals surface area contributed by atoms with Crippen LogP contribution in [0.25, 0.3) is 45.0 Å². The van der Waals surface area contributed by atoms with Gasteiger partial charge < -0.3 is 22.9 Å². The molecule has 16 N–H and O–H groups in total. The van der Waals surface area contributed by atoms with E-state index in [4.69, 9.17) is 67.8 Å². The maximum atomic E-state index is 13.2. The third-order valence-corrected chi connectivity index (χ3v) is 15.8. The molecule has 12 rings (SSSR count). The summed E-state index contributed by atoms with van der Waals surface area (Å²) in [5, 5.41) is 42.0. The molecule has 0 aliphatic rings. The highest BCUT2D eigenvalue weighted by molar-refractivity contribution is 6.31. The SMILES string of the molecule is N=C(N)n1[nH]c(-c2ccc(C(F)(F)F)cc2)c(Cc2ccc(F)cc2)c1=O.N=C(N)n1[nH]c(-c2ccc(C(F)(F)F)cc2)c(Cc2cccc(Cl)c2)c1=O.N=C(N)n1[nH]c(-c2ccc(F)cc2)c(Cc2ccc(F)cc2)c1=O.N=C(N)n1[nH]c(-c2ccc(F)cc2)c(Cc2cccc(Cl)c2)c1=O. The van der Waals surface area contributed by atoms with Gasteiger partial charge in [-0.2, -0.15) is 45.1 Å². The third-order valence-electron chi connectivity index (χ3n) is 15.3. The molecular formula is C70H56Cl2F10N16O4. The zero-order valence-corrected chi connectivity index (χ0v) is 54.1. The maximum Gasteiger partial charge on any atom is 0.416 e. The number of benzene rings is 8. The lowest BCUT2D eigenvalue weighted by Crippen LogP contribution is -2.31. The van der Waals surface area contributed by atoms with Crippen LogP contribution in [0.4, 0.5) is 43.9 Å². The van der Waals surface area contributed by atoms with Gasteiger partial charge in [0.25, 0.3) is 22.2 Å². The van der Waals surface area contributed by atoms with E-state index in [0.29, 0.717) is 72.5 Å². The first-order valence-electron chi connectivity index (χ1n) is 29.8. The predicted octanol–water partition coefficient (Wildman–Crippen LogP) is 12.6. The number of hydrogen-bond donors (Lipinski definition) is 12. The zero-order chi connectivity index (χ0) is 74.1. The van der Waals surface area contributed by atoms with Crippen LogP contribution in [0.15, 0.2) is 213 Å². The molecule has 102 heavy (non-hydrogen) atoms. The summed E-state index contributed by atoms with van der Waals surface area (Å²) in [5.41, 5.74) is 25.6. The highest BCUT2D eigenvalue weighted by Crippen LogP contribution is 2.34. The molecular weight excluding hydrogens is 1390 g/mol. The van der Waals surface area contributed by atoms with Crippen LogP contribution in [-0.4, -0.2) is 63.0 Å². The molecule has 4 aromatic heterocycles. The highest BCUT2D eigenvalue weighted by Gasteiger charge is 2.32. The molecule has 4 heterocycles. The van der Waals surface area contributed by atoms with Crippen molar-refractivity contribution in [3.8, 4) is 45.0 Å². The lowest BCUT2D eigenvalue weighted by Gasteiger charge is -2.08. The highest BCUT2D eigenvalue weighted by atomic mass is 35.5. The zero-order valence-electron chi connectivity index (χ0n) is 52.6. The Morgan fingerprint density at radius 2 is 0.549 bits per heavy atom. The van der Waals surface area contributed by atoms with Crippen molar-refractivity contribution < 1.29 is 43.9 Å². The van der Waals surface area contributed by atoms with Gasteiger partial charge in [-0.05, 0) is 155 Å². The van der Waals surface area contributed by atoms with Crippen LogP contribution in [-0.2, 0) is 38.0 Å². The Morgan fingerprint density at radius 3 is 0.765 bits per heavy atom. The number of halogens is 12. The molecule has 0 atom stereocenters. The van der Waals surface area contributed by atoms with Crippen molar-refractivity contribution in [3.05, 3.63) is 324 Å². The summed E-state index contributed by atoms with van der Waals surface area (Å²) >= 11 is 12.0. The smallest absolute Gasteiger partial charge is 0.368 e. The van der Waals surface area contributed by atoms with Crippen molar-refractivity contribution >= 4 is 47.0 Å². The number of alkyl halides is 6. The van der Waals surface area contributed by atoms with Crippen LogP contribution >= 0.6 is 23.2 Å². The molecule has 0 fully saturated rings. The number of H-pyrrole nitrogens is 4. The molecule has 8 aromatic carbocycles. The molecule has 0 saturated carbocycles. The van der Waals surface area contributed by atoms with Crippen molar-refractivity contribution in [2.24, 2.45) is 22.9 Å². The van der Waals surface area contributed by atoms with E-state index < -0.39 is 81.2 Å². The Hall–Kier alpha value is -12.4. The fourth-order valence-corrected chi connectivity index (χ4v) is 10.8. The molecule has 0 aliphatic carbocycles. The van der Waals surface area contributed by atoms with E-state index in [1.807, 2.05) is 6.07 Å². The molecule has 0 radical (unpaired) electrons. The molecule has 20 nitrogen and oxygen atoms in total. The van der Waals surface area contributed by atoms with E-state index in [9.17, 15) is 63.1 Å². The molecule has 0 bridgehead atoms. The molecule has 0 amide bonds. The van der Waals surface area contributed by atoms with Gasteiger partial charge in [-0.15, -0.1) is 0 Å². The van der Waals surface area contributed by atoms with E-state index in [1.165, 1.54) is 97.1 Å².